The quantitative estimate of drug-likeness (QED) is 0.217. The van der Waals surface area contributed by atoms with Gasteiger partial charge in [0.15, 0.2) is 8.68 Å². The van der Waals surface area contributed by atoms with Crippen LogP contribution < -0.4 is 0 Å². The lowest BCUT2D eigenvalue weighted by molar-refractivity contribution is 1.25. The minimum absolute atomic E-state index is 0.403. The van der Waals surface area contributed by atoms with Crippen molar-refractivity contribution in [3.05, 3.63) is 69.1 Å². The molecule has 0 amide bonds. The van der Waals surface area contributed by atoms with E-state index in [4.69, 9.17) is 0 Å². The van der Waals surface area contributed by atoms with Crippen LogP contribution in [0.1, 0.15) is 0 Å². The normalized spacial score (nSPS) is 10.7. The van der Waals surface area contributed by atoms with Gasteiger partial charge in [-0.15, -0.1) is 32.5 Å². The Morgan fingerprint density at radius 3 is 1.39 bits per heavy atom. The number of nitroso groups, excluding NO2 is 2. The van der Waals surface area contributed by atoms with Crippen molar-refractivity contribution in [2.24, 2.45) is 10.4 Å². The van der Waals surface area contributed by atoms with Gasteiger partial charge in [0.25, 0.3) is 0 Å². The standard InChI is InChI=1S/C18H10N4O2S4/c23-21-13-5-1-11(2-6-13)15-9-25-17(19-15)27-28-18-20-16(10-26-18)12-3-7-14(22-24)8-4-12/h1-10H. The molecule has 0 fully saturated rings. The minimum Gasteiger partial charge on any atom is -0.229 e. The molecule has 0 aliphatic carbocycles. The average Bonchev–Trinajstić information content (AvgIpc) is 3.42. The van der Waals surface area contributed by atoms with Gasteiger partial charge in [-0.3, -0.25) is 0 Å². The minimum atomic E-state index is 0.403. The van der Waals surface area contributed by atoms with Crippen LogP contribution in [-0.4, -0.2) is 9.97 Å². The van der Waals surface area contributed by atoms with Gasteiger partial charge in [0.05, 0.1) is 11.4 Å². The van der Waals surface area contributed by atoms with E-state index in [-0.39, 0.29) is 0 Å². The molecule has 0 atom stereocenters. The Labute approximate surface area is 175 Å². The van der Waals surface area contributed by atoms with Crippen LogP contribution in [-0.2, 0) is 0 Å². The van der Waals surface area contributed by atoms with Crippen molar-refractivity contribution in [1.29, 1.82) is 0 Å². The van der Waals surface area contributed by atoms with E-state index >= 15 is 0 Å². The Kier molecular flexibility index (Phi) is 5.91. The molecule has 138 valence electrons. The molecule has 2 aromatic carbocycles. The van der Waals surface area contributed by atoms with Crippen molar-refractivity contribution >= 4 is 55.6 Å². The fraction of sp³-hybridized carbons (Fsp3) is 0. The summed E-state index contributed by atoms with van der Waals surface area (Å²) in [5.74, 6) is 0. The zero-order valence-electron chi connectivity index (χ0n) is 14.0. The highest BCUT2D eigenvalue weighted by molar-refractivity contribution is 8.77. The van der Waals surface area contributed by atoms with Crippen molar-refractivity contribution in [3.8, 4) is 22.5 Å². The van der Waals surface area contributed by atoms with Crippen LogP contribution in [0.3, 0.4) is 0 Å². The maximum Gasteiger partial charge on any atom is 0.161 e. The number of rotatable bonds is 7. The third kappa shape index (κ3) is 4.36. The Hall–Kier alpha value is -2.40. The van der Waals surface area contributed by atoms with Gasteiger partial charge in [-0.1, -0.05) is 24.3 Å². The lowest BCUT2D eigenvalue weighted by Gasteiger charge is -1.97. The topological polar surface area (TPSA) is 84.6 Å². The fourth-order valence-electron chi connectivity index (χ4n) is 2.31. The Morgan fingerprint density at radius 2 is 1.04 bits per heavy atom. The van der Waals surface area contributed by atoms with Crippen LogP contribution >= 0.6 is 44.3 Å². The van der Waals surface area contributed by atoms with Gasteiger partial charge in [0.1, 0.15) is 11.4 Å². The average molecular weight is 443 g/mol. The monoisotopic (exact) mass is 442 g/mol. The van der Waals surface area contributed by atoms with Crippen LogP contribution in [0.4, 0.5) is 11.4 Å². The molecule has 2 aromatic heterocycles. The van der Waals surface area contributed by atoms with Gasteiger partial charge in [0, 0.05) is 21.9 Å². The first kappa shape index (κ1) is 18.9. The van der Waals surface area contributed by atoms with Crippen LogP contribution in [0.25, 0.3) is 22.5 Å². The summed E-state index contributed by atoms with van der Waals surface area (Å²) in [6.07, 6.45) is 0. The fourth-order valence-corrected chi connectivity index (χ4v) is 6.41. The number of hydrogen-bond acceptors (Lipinski definition) is 10. The lowest BCUT2D eigenvalue weighted by atomic mass is 10.1. The summed E-state index contributed by atoms with van der Waals surface area (Å²) in [4.78, 5) is 30.3. The first-order valence-corrected chi connectivity index (χ1v) is 11.8. The summed E-state index contributed by atoms with van der Waals surface area (Å²) in [6, 6.07) is 14.1. The molecule has 0 saturated heterocycles. The maximum atomic E-state index is 10.5. The first-order chi connectivity index (χ1) is 13.7. The van der Waals surface area contributed by atoms with Crippen LogP contribution in [0.2, 0.25) is 0 Å². The van der Waals surface area contributed by atoms with E-state index in [0.717, 1.165) is 31.2 Å². The number of thiazole rings is 2. The molecule has 0 radical (unpaired) electrons. The summed E-state index contributed by atoms with van der Waals surface area (Å²) in [7, 11) is 3.12. The van der Waals surface area contributed by atoms with Crippen LogP contribution in [0.5, 0.6) is 0 Å². The SMILES string of the molecule is O=Nc1ccc(-c2csc(SSc3nc(-c4ccc(N=O)cc4)cs3)n2)cc1. The zero-order valence-corrected chi connectivity index (χ0v) is 17.3. The third-order valence-electron chi connectivity index (χ3n) is 3.69. The molecule has 0 bridgehead atoms. The highest BCUT2D eigenvalue weighted by atomic mass is 33.1. The van der Waals surface area contributed by atoms with E-state index < -0.39 is 0 Å². The highest BCUT2D eigenvalue weighted by Crippen LogP contribution is 2.42. The molecule has 2 heterocycles. The second-order valence-corrected chi connectivity index (χ2v) is 9.78. The molecule has 0 aliphatic rings. The van der Waals surface area contributed by atoms with Gasteiger partial charge in [-0.25, -0.2) is 9.97 Å². The highest BCUT2D eigenvalue weighted by Gasteiger charge is 2.10. The molecule has 28 heavy (non-hydrogen) atoms. The number of benzene rings is 2. The number of aromatic nitrogens is 2. The Morgan fingerprint density at radius 1 is 0.643 bits per heavy atom. The van der Waals surface area contributed by atoms with Gasteiger partial charge >= 0.3 is 0 Å². The molecule has 0 N–H and O–H groups in total. The number of hydrogen-bond donors (Lipinski definition) is 0. The molecule has 6 nitrogen and oxygen atoms in total. The van der Waals surface area contributed by atoms with E-state index in [1.807, 2.05) is 35.0 Å². The van der Waals surface area contributed by atoms with E-state index in [9.17, 15) is 9.81 Å². The molecular formula is C18H10N4O2S4. The summed E-state index contributed by atoms with van der Waals surface area (Å²) >= 11 is 3.13. The van der Waals surface area contributed by atoms with Gasteiger partial charge in [0.2, 0.25) is 0 Å². The number of nitrogens with zero attached hydrogens (tertiary/aromatic N) is 4. The maximum absolute atomic E-state index is 10.5. The zero-order chi connectivity index (χ0) is 19.3. The van der Waals surface area contributed by atoms with Crippen molar-refractivity contribution in [1.82, 2.24) is 9.97 Å². The van der Waals surface area contributed by atoms with Crippen molar-refractivity contribution in [2.75, 3.05) is 0 Å². The summed E-state index contributed by atoms with van der Waals surface area (Å²) in [5, 5.41) is 9.79. The molecule has 4 aromatic rings. The second-order valence-electron chi connectivity index (χ2n) is 5.44. The van der Waals surface area contributed by atoms with Crippen molar-refractivity contribution < 1.29 is 0 Å². The molecule has 0 saturated carbocycles. The van der Waals surface area contributed by atoms with Gasteiger partial charge in [-0.2, -0.15) is 0 Å². The Bertz CT molecular complexity index is 1020. The van der Waals surface area contributed by atoms with E-state index in [1.54, 1.807) is 68.5 Å². The molecule has 0 unspecified atom stereocenters. The van der Waals surface area contributed by atoms with Crippen molar-refractivity contribution in [3.63, 3.8) is 0 Å². The van der Waals surface area contributed by atoms with E-state index in [0.29, 0.717) is 11.4 Å². The van der Waals surface area contributed by atoms with Gasteiger partial charge < -0.3 is 0 Å². The lowest BCUT2D eigenvalue weighted by Crippen LogP contribution is -1.77. The third-order valence-corrected chi connectivity index (χ3v) is 8.41. The van der Waals surface area contributed by atoms with Crippen molar-refractivity contribution in [2.45, 2.75) is 8.68 Å². The van der Waals surface area contributed by atoms with Crippen LogP contribution in [0, 0.1) is 9.81 Å². The van der Waals surface area contributed by atoms with Gasteiger partial charge in [-0.05, 0) is 56.2 Å². The Balaban J connectivity index is 1.41. The van der Waals surface area contributed by atoms with E-state index in [1.165, 1.54) is 0 Å². The summed E-state index contributed by atoms with van der Waals surface area (Å²) in [6.45, 7) is 0. The smallest absolute Gasteiger partial charge is 0.161 e. The molecule has 0 aliphatic heterocycles. The molecule has 0 spiro atoms. The summed E-state index contributed by atoms with van der Waals surface area (Å²) < 4.78 is 1.85. The largest absolute Gasteiger partial charge is 0.229 e. The van der Waals surface area contributed by atoms with Crippen LogP contribution in [0.15, 0.2) is 78.3 Å². The predicted molar refractivity (Wildman–Crippen MR) is 118 cm³/mol. The predicted octanol–water partition coefficient (Wildman–Crippen LogP) is 7.53. The second kappa shape index (κ2) is 8.74. The van der Waals surface area contributed by atoms with E-state index in [2.05, 4.69) is 20.3 Å². The molecule has 10 heteroatoms. The summed E-state index contributed by atoms with van der Waals surface area (Å²) in [5.41, 5.74) is 4.45. The first-order valence-electron chi connectivity index (χ1n) is 7.88. The molecule has 4 rings (SSSR count). The molecular weight excluding hydrogens is 432 g/mol.